The molecule has 1 fully saturated rings. The third kappa shape index (κ3) is 6.49. The van der Waals surface area contributed by atoms with Crippen molar-refractivity contribution >= 4 is 0 Å². The van der Waals surface area contributed by atoms with Crippen molar-refractivity contribution in [2.75, 3.05) is 26.7 Å². The number of nitrogens with one attached hydrogen (secondary N) is 1. The van der Waals surface area contributed by atoms with E-state index in [4.69, 9.17) is 4.74 Å². The third-order valence-electron chi connectivity index (χ3n) is 4.08. The maximum atomic E-state index is 5.73. The Morgan fingerprint density at radius 2 is 1.95 bits per heavy atom. The quantitative estimate of drug-likeness (QED) is 0.632. The van der Waals surface area contributed by atoms with E-state index in [2.05, 4.69) is 48.5 Å². The molecule has 3 heteroatoms. The molecule has 3 nitrogen and oxygen atoms in total. The minimum atomic E-state index is 0.832. The molecule has 118 valence electrons. The molecule has 1 aromatic carbocycles. The van der Waals surface area contributed by atoms with E-state index in [1.54, 1.807) is 0 Å². The molecule has 0 amide bonds. The maximum absolute atomic E-state index is 5.73. The monoisotopic (exact) mass is 290 g/mol. The molecule has 0 aliphatic heterocycles. The Morgan fingerprint density at radius 3 is 2.62 bits per heavy atom. The molecule has 0 bridgehead atoms. The van der Waals surface area contributed by atoms with Gasteiger partial charge < -0.3 is 15.0 Å². The molecular weight excluding hydrogens is 260 g/mol. The van der Waals surface area contributed by atoms with Gasteiger partial charge in [-0.1, -0.05) is 31.9 Å². The van der Waals surface area contributed by atoms with Crippen LogP contribution in [0.2, 0.25) is 0 Å². The molecule has 1 N–H and O–H groups in total. The molecule has 21 heavy (non-hydrogen) atoms. The lowest BCUT2D eigenvalue weighted by Gasteiger charge is -2.15. The van der Waals surface area contributed by atoms with Gasteiger partial charge in [-0.05, 0) is 44.0 Å². The third-order valence-corrected chi connectivity index (χ3v) is 4.08. The van der Waals surface area contributed by atoms with Crippen molar-refractivity contribution in [3.05, 3.63) is 29.8 Å². The normalized spacial score (nSPS) is 14.6. The summed E-state index contributed by atoms with van der Waals surface area (Å²) in [5, 5.41) is 3.51. The van der Waals surface area contributed by atoms with Gasteiger partial charge >= 0.3 is 0 Å². The van der Waals surface area contributed by atoms with Gasteiger partial charge in [0.25, 0.3) is 0 Å². The van der Waals surface area contributed by atoms with E-state index in [0.29, 0.717) is 0 Å². The highest BCUT2D eigenvalue weighted by Gasteiger charge is 2.25. The van der Waals surface area contributed by atoms with E-state index in [1.165, 1.54) is 31.2 Å². The van der Waals surface area contributed by atoms with Crippen LogP contribution in [-0.4, -0.2) is 37.7 Å². The number of likely N-dealkylation sites (N-methyl/N-ethyl adjacent to an activating group) is 1. The lowest BCUT2D eigenvalue weighted by Crippen LogP contribution is -2.30. The van der Waals surface area contributed by atoms with Gasteiger partial charge in [-0.15, -0.1) is 0 Å². The van der Waals surface area contributed by atoms with Gasteiger partial charge in [-0.2, -0.15) is 0 Å². The summed E-state index contributed by atoms with van der Waals surface area (Å²) in [6.07, 6.45) is 6.40. The second-order valence-electron chi connectivity index (χ2n) is 6.09. The van der Waals surface area contributed by atoms with E-state index in [0.717, 1.165) is 44.5 Å². The van der Waals surface area contributed by atoms with Gasteiger partial charge in [0.05, 0.1) is 6.61 Å². The summed E-state index contributed by atoms with van der Waals surface area (Å²) < 4.78 is 5.73. The number of unbranched alkanes of at least 4 members (excludes halogenated alkanes) is 2. The summed E-state index contributed by atoms with van der Waals surface area (Å²) in [5.74, 6) is 0.989. The van der Waals surface area contributed by atoms with Crippen LogP contribution in [0, 0.1) is 0 Å². The van der Waals surface area contributed by atoms with Crippen molar-refractivity contribution in [1.82, 2.24) is 10.2 Å². The molecule has 0 spiro atoms. The van der Waals surface area contributed by atoms with Crippen LogP contribution in [0.5, 0.6) is 5.75 Å². The van der Waals surface area contributed by atoms with Crippen molar-refractivity contribution in [3.63, 3.8) is 0 Å². The average molecular weight is 290 g/mol. The van der Waals surface area contributed by atoms with Crippen LogP contribution in [0.3, 0.4) is 0 Å². The summed E-state index contributed by atoms with van der Waals surface area (Å²) in [7, 11) is 2.23. The number of hydrogen-bond donors (Lipinski definition) is 1. The Morgan fingerprint density at radius 1 is 1.19 bits per heavy atom. The minimum Gasteiger partial charge on any atom is -0.494 e. The summed E-state index contributed by atoms with van der Waals surface area (Å²) in [5.41, 5.74) is 1.32. The van der Waals surface area contributed by atoms with Crippen molar-refractivity contribution in [3.8, 4) is 5.75 Å². The SMILES string of the molecule is CCCCCOc1ccc(CNCCN(C)C2CC2)cc1. The fourth-order valence-corrected chi connectivity index (χ4v) is 2.43. The maximum Gasteiger partial charge on any atom is 0.119 e. The average Bonchev–Trinajstić information content (AvgIpc) is 3.34. The van der Waals surface area contributed by atoms with E-state index >= 15 is 0 Å². The minimum absolute atomic E-state index is 0.832. The highest BCUT2D eigenvalue weighted by molar-refractivity contribution is 5.27. The molecule has 0 aromatic heterocycles. The highest BCUT2D eigenvalue weighted by Crippen LogP contribution is 2.24. The van der Waals surface area contributed by atoms with Crippen molar-refractivity contribution < 1.29 is 4.74 Å². The standard InChI is InChI=1S/C18H30N2O/c1-3-4-5-14-21-18-10-6-16(7-11-18)15-19-12-13-20(2)17-8-9-17/h6-7,10-11,17,19H,3-5,8-9,12-15H2,1-2H3. The van der Waals surface area contributed by atoms with Crippen LogP contribution in [-0.2, 0) is 6.54 Å². The molecule has 1 aliphatic rings. The second kappa shape index (κ2) is 9.06. The van der Waals surface area contributed by atoms with Crippen LogP contribution in [0.15, 0.2) is 24.3 Å². The first kappa shape index (κ1) is 16.3. The Kier molecular flexibility index (Phi) is 7.04. The van der Waals surface area contributed by atoms with Crippen LogP contribution in [0.1, 0.15) is 44.6 Å². The van der Waals surface area contributed by atoms with Crippen LogP contribution in [0.25, 0.3) is 0 Å². The zero-order chi connectivity index (χ0) is 14.9. The van der Waals surface area contributed by atoms with Gasteiger partial charge in [-0.25, -0.2) is 0 Å². The Hall–Kier alpha value is -1.06. The molecule has 0 saturated heterocycles. The molecule has 1 aromatic rings. The first-order valence-electron chi connectivity index (χ1n) is 8.42. The lowest BCUT2D eigenvalue weighted by molar-refractivity contribution is 0.306. The summed E-state index contributed by atoms with van der Waals surface area (Å²) >= 11 is 0. The molecular formula is C18H30N2O. The van der Waals surface area contributed by atoms with E-state index in [1.807, 2.05) is 0 Å². The van der Waals surface area contributed by atoms with Gasteiger partial charge in [0, 0.05) is 25.7 Å². The predicted octanol–water partition coefficient (Wildman–Crippen LogP) is 3.44. The zero-order valence-electron chi connectivity index (χ0n) is 13.6. The van der Waals surface area contributed by atoms with Crippen molar-refractivity contribution in [2.24, 2.45) is 0 Å². The Balaban J connectivity index is 1.58. The van der Waals surface area contributed by atoms with Crippen molar-refractivity contribution in [1.29, 1.82) is 0 Å². The van der Waals surface area contributed by atoms with Gasteiger partial charge in [0.2, 0.25) is 0 Å². The zero-order valence-corrected chi connectivity index (χ0v) is 13.6. The number of benzene rings is 1. The van der Waals surface area contributed by atoms with E-state index in [9.17, 15) is 0 Å². The van der Waals surface area contributed by atoms with Gasteiger partial charge in [0.15, 0.2) is 0 Å². The molecule has 1 saturated carbocycles. The molecule has 0 radical (unpaired) electrons. The van der Waals surface area contributed by atoms with E-state index < -0.39 is 0 Å². The predicted molar refractivity (Wildman–Crippen MR) is 88.8 cm³/mol. The number of rotatable bonds is 11. The number of nitrogens with zero attached hydrogens (tertiary/aromatic N) is 1. The van der Waals surface area contributed by atoms with Crippen LogP contribution in [0.4, 0.5) is 0 Å². The first-order chi connectivity index (χ1) is 10.3. The summed E-state index contributed by atoms with van der Waals surface area (Å²) in [6.45, 7) is 6.18. The number of hydrogen-bond acceptors (Lipinski definition) is 3. The van der Waals surface area contributed by atoms with Crippen LogP contribution < -0.4 is 10.1 Å². The largest absolute Gasteiger partial charge is 0.494 e. The van der Waals surface area contributed by atoms with E-state index in [-0.39, 0.29) is 0 Å². The van der Waals surface area contributed by atoms with Crippen molar-refractivity contribution in [2.45, 2.75) is 51.6 Å². The molecule has 1 aliphatic carbocycles. The Bertz CT molecular complexity index is 387. The second-order valence-corrected chi connectivity index (χ2v) is 6.09. The highest BCUT2D eigenvalue weighted by atomic mass is 16.5. The fraction of sp³-hybridized carbons (Fsp3) is 0.667. The Labute approximate surface area is 129 Å². The van der Waals surface area contributed by atoms with Gasteiger partial charge in [-0.3, -0.25) is 0 Å². The van der Waals surface area contributed by atoms with Gasteiger partial charge in [0.1, 0.15) is 5.75 Å². The smallest absolute Gasteiger partial charge is 0.119 e. The summed E-state index contributed by atoms with van der Waals surface area (Å²) in [4.78, 5) is 2.46. The number of ether oxygens (including phenoxy) is 1. The first-order valence-corrected chi connectivity index (χ1v) is 8.42. The topological polar surface area (TPSA) is 24.5 Å². The molecule has 0 heterocycles. The van der Waals surface area contributed by atoms with Crippen LogP contribution >= 0.6 is 0 Å². The molecule has 0 unspecified atom stereocenters. The molecule has 0 atom stereocenters. The lowest BCUT2D eigenvalue weighted by atomic mass is 10.2. The molecule has 2 rings (SSSR count). The summed E-state index contributed by atoms with van der Waals surface area (Å²) in [6, 6.07) is 9.34. The fourth-order valence-electron chi connectivity index (χ4n) is 2.43.